The van der Waals surface area contributed by atoms with Crippen molar-refractivity contribution in [2.45, 2.75) is 13.3 Å². The summed E-state index contributed by atoms with van der Waals surface area (Å²) in [5.74, 6) is -0.333. The first kappa shape index (κ1) is 13.0. The molecule has 78 valence electrons. The van der Waals surface area contributed by atoms with E-state index in [-0.39, 0.29) is 29.4 Å². The second kappa shape index (κ2) is 7.38. The van der Waals surface area contributed by atoms with Crippen LogP contribution in [0.25, 0.3) is 0 Å². The molecule has 2 nitrogen and oxygen atoms in total. The monoisotopic (exact) mass is 216 g/mol. The second-order valence-electron chi connectivity index (χ2n) is 2.52. The summed E-state index contributed by atoms with van der Waals surface area (Å²) in [5, 5.41) is 0. The fraction of sp³-hybridized carbons (Fsp3) is 0.300. The molecule has 0 fully saturated rings. The molecule has 0 amide bonds. The van der Waals surface area contributed by atoms with Gasteiger partial charge in [0.05, 0.1) is 25.2 Å². The molecule has 0 aromatic carbocycles. The van der Waals surface area contributed by atoms with Crippen molar-refractivity contribution < 1.29 is 13.4 Å². The lowest BCUT2D eigenvalue weighted by Crippen LogP contribution is -2.03. The average Bonchev–Trinajstić information content (AvgIpc) is 2.14. The van der Waals surface area contributed by atoms with Crippen LogP contribution < -0.4 is 0 Å². The van der Waals surface area contributed by atoms with Gasteiger partial charge in [-0.05, 0) is 18.6 Å². The average molecular weight is 216 g/mol. The van der Waals surface area contributed by atoms with Crippen molar-refractivity contribution in [2.24, 2.45) is 0 Å². The predicted molar refractivity (Wildman–Crippen MR) is 57.4 cm³/mol. The molecule has 0 saturated carbocycles. The third-order valence-electron chi connectivity index (χ3n) is 1.28. The molecule has 0 spiro atoms. The highest BCUT2D eigenvalue weighted by Crippen LogP contribution is 2.16. The van der Waals surface area contributed by atoms with E-state index < -0.39 is 0 Å². The molecular weight excluding hydrogens is 203 g/mol. The van der Waals surface area contributed by atoms with Crippen LogP contribution in [0.15, 0.2) is 35.8 Å². The molecule has 0 aliphatic carbocycles. The number of carbonyl (C=O) groups is 1. The Kier molecular flexibility index (Phi) is 6.84. The van der Waals surface area contributed by atoms with Gasteiger partial charge in [0.2, 0.25) is 0 Å². The maximum Gasteiger partial charge on any atom is 0.310 e. The van der Waals surface area contributed by atoms with Crippen LogP contribution in [-0.4, -0.2) is 12.6 Å². The molecule has 4 heteroatoms. The Morgan fingerprint density at radius 2 is 2.14 bits per heavy atom. The summed E-state index contributed by atoms with van der Waals surface area (Å²) in [6.07, 6.45) is 3.13. The molecule has 0 heterocycles. The van der Waals surface area contributed by atoms with Gasteiger partial charge in [-0.3, -0.25) is 4.79 Å². The van der Waals surface area contributed by atoms with Gasteiger partial charge in [0.15, 0.2) is 0 Å². The van der Waals surface area contributed by atoms with E-state index in [4.69, 9.17) is 4.74 Å². The minimum atomic E-state index is -0.333. The van der Waals surface area contributed by atoms with Crippen molar-refractivity contribution in [1.29, 1.82) is 0 Å². The second-order valence-corrected chi connectivity index (χ2v) is 3.20. The van der Waals surface area contributed by atoms with Gasteiger partial charge in [-0.25, -0.2) is 0 Å². The summed E-state index contributed by atoms with van der Waals surface area (Å²) in [6, 6.07) is 0. The molecule has 0 unspecified atom stereocenters. The highest BCUT2D eigenvalue weighted by molar-refractivity contribution is 7.98. The van der Waals surface area contributed by atoms with E-state index in [0.29, 0.717) is 12.2 Å². The van der Waals surface area contributed by atoms with E-state index in [0.717, 1.165) is 0 Å². The zero-order valence-electron chi connectivity index (χ0n) is 8.09. The van der Waals surface area contributed by atoms with Gasteiger partial charge in [-0.15, -0.1) is 0 Å². The first-order valence-corrected chi connectivity index (χ1v) is 4.80. The number of hydrogen-bond donors (Lipinski definition) is 0. The van der Waals surface area contributed by atoms with Crippen molar-refractivity contribution in [3.63, 3.8) is 0 Å². The molecule has 0 bridgehead atoms. The molecule has 0 saturated heterocycles. The lowest BCUT2D eigenvalue weighted by Gasteiger charge is -2.00. The molecule has 0 N–H and O–H groups in total. The SMILES string of the molecule is C=C(/C=C\C(=C)SF)CC(=O)OCC. The van der Waals surface area contributed by atoms with Crippen LogP contribution in [0.2, 0.25) is 0 Å². The lowest BCUT2D eigenvalue weighted by atomic mass is 10.2. The van der Waals surface area contributed by atoms with Crippen molar-refractivity contribution >= 4 is 18.1 Å². The molecule has 0 radical (unpaired) electrons. The number of rotatable bonds is 6. The fourth-order valence-electron chi connectivity index (χ4n) is 0.693. The first-order chi connectivity index (χ1) is 6.60. The maximum absolute atomic E-state index is 11.9. The van der Waals surface area contributed by atoms with Crippen molar-refractivity contribution in [1.82, 2.24) is 0 Å². The topological polar surface area (TPSA) is 26.3 Å². The van der Waals surface area contributed by atoms with Gasteiger partial charge in [0.1, 0.15) is 0 Å². The highest BCUT2D eigenvalue weighted by atomic mass is 32.2. The summed E-state index contributed by atoms with van der Waals surface area (Å²) < 4.78 is 16.6. The number of carbonyl (C=O) groups excluding carboxylic acids is 1. The van der Waals surface area contributed by atoms with Gasteiger partial charge in [0.25, 0.3) is 0 Å². The van der Waals surface area contributed by atoms with Crippen molar-refractivity contribution in [3.05, 3.63) is 35.8 Å². The molecule has 0 aromatic heterocycles. The third-order valence-corrected chi connectivity index (χ3v) is 1.62. The van der Waals surface area contributed by atoms with Gasteiger partial charge in [-0.1, -0.05) is 19.2 Å². The van der Waals surface area contributed by atoms with E-state index in [1.54, 1.807) is 13.0 Å². The number of hydrogen-bond acceptors (Lipinski definition) is 3. The standard InChI is InChI=1S/C10H13FO2S/c1-4-13-10(12)7-8(2)5-6-9(3)14-11/h5-6H,2-4,7H2,1H3/b6-5-. The van der Waals surface area contributed by atoms with Gasteiger partial charge in [0, 0.05) is 4.91 Å². The predicted octanol–water partition coefficient (Wildman–Crippen LogP) is 3.18. The van der Waals surface area contributed by atoms with Gasteiger partial charge >= 0.3 is 5.97 Å². The van der Waals surface area contributed by atoms with Crippen LogP contribution in [0.4, 0.5) is 3.89 Å². The summed E-state index contributed by atoms with van der Waals surface area (Å²) in [5.41, 5.74) is 0.568. The number of ether oxygens (including phenoxy) is 1. The van der Waals surface area contributed by atoms with Crippen LogP contribution in [0, 0.1) is 0 Å². The summed E-state index contributed by atoms with van der Waals surface area (Å²) >= 11 is 0.0574. The Bertz CT molecular complexity index is 259. The molecule has 0 aliphatic heterocycles. The third kappa shape index (κ3) is 6.48. The minimum absolute atomic E-state index is 0.0574. The largest absolute Gasteiger partial charge is 0.466 e. The molecule has 0 rings (SSSR count). The normalized spacial score (nSPS) is 10.1. The maximum atomic E-state index is 11.9. The zero-order chi connectivity index (χ0) is 11.0. The van der Waals surface area contributed by atoms with Crippen LogP contribution in [0.5, 0.6) is 0 Å². The van der Waals surface area contributed by atoms with E-state index >= 15 is 0 Å². The number of allylic oxidation sites excluding steroid dienone is 2. The van der Waals surface area contributed by atoms with Crippen molar-refractivity contribution in [3.8, 4) is 0 Å². The van der Waals surface area contributed by atoms with Gasteiger partial charge in [-0.2, -0.15) is 3.89 Å². The number of halogens is 1. The van der Waals surface area contributed by atoms with E-state index in [1.165, 1.54) is 6.08 Å². The Morgan fingerprint density at radius 3 is 2.64 bits per heavy atom. The Hall–Kier alpha value is -1.03. The quantitative estimate of drug-likeness (QED) is 0.504. The molecule has 0 aliphatic rings. The van der Waals surface area contributed by atoms with Crippen LogP contribution in [0.1, 0.15) is 13.3 Å². The molecule has 0 aromatic rings. The smallest absolute Gasteiger partial charge is 0.310 e. The Labute approximate surface area is 87.8 Å². The molecular formula is C10H13FO2S. The molecule has 14 heavy (non-hydrogen) atoms. The summed E-state index contributed by atoms with van der Waals surface area (Å²) in [7, 11) is 0. The van der Waals surface area contributed by atoms with Crippen LogP contribution in [0.3, 0.4) is 0 Å². The Morgan fingerprint density at radius 1 is 1.50 bits per heavy atom. The minimum Gasteiger partial charge on any atom is -0.466 e. The fourth-order valence-corrected chi connectivity index (χ4v) is 0.812. The van der Waals surface area contributed by atoms with Crippen LogP contribution >= 0.6 is 12.1 Å². The number of esters is 1. The van der Waals surface area contributed by atoms with Crippen LogP contribution in [-0.2, 0) is 9.53 Å². The van der Waals surface area contributed by atoms with E-state index in [1.807, 2.05) is 0 Å². The highest BCUT2D eigenvalue weighted by Gasteiger charge is 2.01. The Balaban J connectivity index is 3.92. The van der Waals surface area contributed by atoms with E-state index in [9.17, 15) is 8.68 Å². The molecule has 0 atom stereocenters. The van der Waals surface area contributed by atoms with E-state index in [2.05, 4.69) is 13.2 Å². The summed E-state index contributed by atoms with van der Waals surface area (Å²) in [4.78, 5) is 11.2. The first-order valence-electron chi connectivity index (χ1n) is 4.09. The van der Waals surface area contributed by atoms with Gasteiger partial charge < -0.3 is 4.74 Å². The van der Waals surface area contributed by atoms with Crippen molar-refractivity contribution in [2.75, 3.05) is 6.61 Å². The summed E-state index contributed by atoms with van der Waals surface area (Å²) in [6.45, 7) is 9.11. The zero-order valence-corrected chi connectivity index (χ0v) is 8.90. The lowest BCUT2D eigenvalue weighted by molar-refractivity contribution is -0.142.